The molecule has 0 radical (unpaired) electrons. The number of benzene rings is 2. The summed E-state index contributed by atoms with van der Waals surface area (Å²) < 4.78 is 26.5. The third-order valence-corrected chi connectivity index (χ3v) is 6.07. The number of nitrogens with zero attached hydrogens (tertiary/aromatic N) is 1. The summed E-state index contributed by atoms with van der Waals surface area (Å²) >= 11 is 0. The van der Waals surface area contributed by atoms with Gasteiger partial charge in [-0.1, -0.05) is 24.3 Å². The van der Waals surface area contributed by atoms with E-state index < -0.39 is 16.1 Å². The van der Waals surface area contributed by atoms with Crippen LogP contribution in [-0.4, -0.2) is 37.9 Å². The summed E-state index contributed by atoms with van der Waals surface area (Å²) in [6, 6.07) is 11.9. The van der Waals surface area contributed by atoms with Gasteiger partial charge in [0.05, 0.1) is 5.69 Å². The molecule has 2 aromatic carbocycles. The largest absolute Gasteiger partial charge is 0.506 e. The highest BCUT2D eigenvalue weighted by molar-refractivity contribution is 7.92. The molecule has 1 fully saturated rings. The van der Waals surface area contributed by atoms with Crippen molar-refractivity contribution in [2.45, 2.75) is 18.9 Å². The van der Waals surface area contributed by atoms with Crippen molar-refractivity contribution in [1.82, 2.24) is 10.0 Å². The lowest BCUT2D eigenvalue weighted by Crippen LogP contribution is -2.42. The Kier molecular flexibility index (Phi) is 4.03. The average Bonchev–Trinajstić information content (AvgIpc) is 2.87. The molecule has 3 N–H and O–H groups in total. The quantitative estimate of drug-likeness (QED) is 0.708. The number of hydrogen-bond acceptors (Lipinski definition) is 5. The number of phenolic OH excluding ortho intramolecular Hbond substituents is 1. The molecular weight excluding hydrogens is 370 g/mol. The Hall–Kier alpha value is -3.07. The summed E-state index contributed by atoms with van der Waals surface area (Å²) in [7, 11) is -3.98. The van der Waals surface area contributed by atoms with E-state index >= 15 is 0 Å². The van der Waals surface area contributed by atoms with Crippen LogP contribution in [0.1, 0.15) is 21.5 Å². The number of carbonyl (C=O) groups excluding carboxylic acids is 2. The van der Waals surface area contributed by atoms with E-state index in [2.05, 4.69) is 5.32 Å². The summed E-state index contributed by atoms with van der Waals surface area (Å²) in [4.78, 5) is 23.6. The molecule has 2 aliphatic heterocycles. The van der Waals surface area contributed by atoms with Crippen LogP contribution in [0.25, 0.3) is 0 Å². The van der Waals surface area contributed by atoms with Gasteiger partial charge in [-0.3, -0.25) is 9.59 Å². The first-order chi connectivity index (χ1) is 12.8. The number of phenols is 1. The molecule has 1 unspecified atom stereocenters. The Bertz CT molecular complexity index is 1050. The van der Waals surface area contributed by atoms with Crippen molar-refractivity contribution >= 4 is 27.7 Å². The smallest absolute Gasteiger partial charge is 0.326 e. The molecule has 0 aliphatic carbocycles. The van der Waals surface area contributed by atoms with E-state index in [9.17, 15) is 23.1 Å². The Morgan fingerprint density at radius 1 is 1.15 bits per heavy atom. The van der Waals surface area contributed by atoms with Crippen LogP contribution in [0.15, 0.2) is 42.5 Å². The first-order valence-corrected chi connectivity index (χ1v) is 9.81. The molecule has 2 heterocycles. The number of fused-ring (bicyclic) bond motifs is 1. The number of rotatable bonds is 3. The van der Waals surface area contributed by atoms with Crippen molar-refractivity contribution in [1.29, 1.82) is 0 Å². The number of anilines is 1. The summed E-state index contributed by atoms with van der Waals surface area (Å²) in [5, 5.41) is 13.2. The Labute approximate surface area is 156 Å². The van der Waals surface area contributed by atoms with Crippen molar-refractivity contribution in [3.8, 4) is 5.75 Å². The molecule has 1 saturated heterocycles. The van der Waals surface area contributed by atoms with E-state index in [-0.39, 0.29) is 29.9 Å². The molecule has 0 aromatic heterocycles. The highest BCUT2D eigenvalue weighted by atomic mass is 32.2. The third-order valence-electron chi connectivity index (χ3n) is 4.67. The fourth-order valence-corrected chi connectivity index (χ4v) is 4.64. The Balaban J connectivity index is 1.54. The van der Waals surface area contributed by atoms with Crippen LogP contribution >= 0.6 is 0 Å². The van der Waals surface area contributed by atoms with Gasteiger partial charge in [-0.15, -0.1) is 0 Å². The van der Waals surface area contributed by atoms with Gasteiger partial charge in [-0.25, -0.2) is 9.03 Å². The van der Waals surface area contributed by atoms with Crippen molar-refractivity contribution in [3.63, 3.8) is 0 Å². The van der Waals surface area contributed by atoms with Gasteiger partial charge >= 0.3 is 10.2 Å². The molecule has 0 spiro atoms. The van der Waals surface area contributed by atoms with Crippen molar-refractivity contribution in [2.75, 3.05) is 10.8 Å². The molecule has 2 aromatic rings. The maximum absolute atomic E-state index is 12.2. The fraction of sp³-hybridized carbons (Fsp3) is 0.222. The predicted octanol–water partition coefficient (Wildman–Crippen LogP) is 0.470. The second kappa shape index (κ2) is 6.27. The minimum absolute atomic E-state index is 0.0372. The van der Waals surface area contributed by atoms with E-state index in [4.69, 9.17) is 0 Å². The number of amides is 2. The third kappa shape index (κ3) is 3.21. The van der Waals surface area contributed by atoms with E-state index in [1.54, 1.807) is 12.1 Å². The molecule has 2 amide bonds. The van der Waals surface area contributed by atoms with Gasteiger partial charge in [-0.05, 0) is 42.2 Å². The molecule has 140 valence electrons. The van der Waals surface area contributed by atoms with Crippen molar-refractivity contribution in [3.05, 3.63) is 59.2 Å². The molecule has 1 atom stereocenters. The van der Waals surface area contributed by atoms with E-state index in [1.807, 2.05) is 22.9 Å². The summed E-state index contributed by atoms with van der Waals surface area (Å²) in [5.41, 5.74) is 2.43. The van der Waals surface area contributed by atoms with Gasteiger partial charge in [-0.2, -0.15) is 8.42 Å². The molecule has 2 aliphatic rings. The van der Waals surface area contributed by atoms with Gasteiger partial charge in [0, 0.05) is 11.6 Å². The average molecular weight is 387 g/mol. The second-order valence-electron chi connectivity index (χ2n) is 6.60. The lowest BCUT2D eigenvalue weighted by molar-refractivity contribution is -0.117. The van der Waals surface area contributed by atoms with E-state index in [0.29, 0.717) is 18.4 Å². The monoisotopic (exact) mass is 387 g/mol. The zero-order valence-corrected chi connectivity index (χ0v) is 15.0. The number of aromatic hydroxyl groups is 1. The summed E-state index contributed by atoms with van der Waals surface area (Å²) in [6.07, 6.45) is 1.15. The molecule has 0 bridgehead atoms. The SMILES string of the molecule is O=C1CN(c2ccc(CC3Cc4ccccc4C(=O)N3)cc2O)S(=O)(=O)N1. The standard InChI is InChI=1S/C18H17N3O5S/c22-16-8-11(5-6-15(16)21-10-17(23)20-27(21,25)26)7-13-9-12-3-1-2-4-14(12)18(24)19-13/h1-6,8,13,22H,7,9-10H2,(H,19,24)(H,20,23). The van der Waals surface area contributed by atoms with E-state index in [1.165, 1.54) is 12.1 Å². The normalized spacial score (nSPS) is 20.7. The topological polar surface area (TPSA) is 116 Å². The van der Waals surface area contributed by atoms with Gasteiger partial charge < -0.3 is 10.4 Å². The van der Waals surface area contributed by atoms with Crippen molar-refractivity contribution < 1.29 is 23.1 Å². The first kappa shape index (κ1) is 17.3. The Morgan fingerprint density at radius 2 is 1.93 bits per heavy atom. The van der Waals surface area contributed by atoms with Gasteiger partial charge in [0.25, 0.3) is 11.8 Å². The maximum Gasteiger partial charge on any atom is 0.326 e. The van der Waals surface area contributed by atoms with Crippen LogP contribution in [-0.2, 0) is 27.8 Å². The highest BCUT2D eigenvalue weighted by Crippen LogP contribution is 2.32. The van der Waals surface area contributed by atoms with Crippen LogP contribution in [0.5, 0.6) is 5.75 Å². The minimum Gasteiger partial charge on any atom is -0.506 e. The summed E-state index contributed by atoms with van der Waals surface area (Å²) in [6.45, 7) is -0.370. The van der Waals surface area contributed by atoms with Gasteiger partial charge in [0.2, 0.25) is 0 Å². The molecule has 8 nitrogen and oxygen atoms in total. The van der Waals surface area contributed by atoms with Gasteiger partial charge in [0.1, 0.15) is 12.3 Å². The predicted molar refractivity (Wildman–Crippen MR) is 97.6 cm³/mol. The van der Waals surface area contributed by atoms with Crippen LogP contribution in [0.3, 0.4) is 0 Å². The van der Waals surface area contributed by atoms with Crippen LogP contribution in [0.2, 0.25) is 0 Å². The molecule has 4 rings (SSSR count). The fourth-order valence-electron chi connectivity index (χ4n) is 3.48. The maximum atomic E-state index is 12.2. The summed E-state index contributed by atoms with van der Waals surface area (Å²) in [5.74, 6) is -1.02. The molecule has 27 heavy (non-hydrogen) atoms. The molecule has 0 saturated carbocycles. The highest BCUT2D eigenvalue weighted by Gasteiger charge is 2.35. The second-order valence-corrected chi connectivity index (χ2v) is 8.19. The minimum atomic E-state index is -3.98. The number of carbonyl (C=O) groups is 2. The van der Waals surface area contributed by atoms with Crippen molar-refractivity contribution in [2.24, 2.45) is 0 Å². The zero-order chi connectivity index (χ0) is 19.2. The van der Waals surface area contributed by atoms with E-state index in [0.717, 1.165) is 15.4 Å². The number of nitrogens with one attached hydrogen (secondary N) is 2. The zero-order valence-electron chi connectivity index (χ0n) is 14.2. The first-order valence-electron chi connectivity index (χ1n) is 8.37. The number of hydrogen-bond donors (Lipinski definition) is 3. The lowest BCUT2D eigenvalue weighted by atomic mass is 9.91. The van der Waals surface area contributed by atoms with Crippen LogP contribution < -0.4 is 14.3 Å². The molecular formula is C18H17N3O5S. The van der Waals surface area contributed by atoms with Crippen LogP contribution in [0, 0.1) is 0 Å². The van der Waals surface area contributed by atoms with Gasteiger partial charge in [0.15, 0.2) is 0 Å². The lowest BCUT2D eigenvalue weighted by Gasteiger charge is -2.26. The Morgan fingerprint density at radius 3 is 2.63 bits per heavy atom. The molecule has 9 heteroatoms. The van der Waals surface area contributed by atoms with Crippen LogP contribution in [0.4, 0.5) is 5.69 Å².